The molecule has 0 atom stereocenters. The van der Waals surface area contributed by atoms with Gasteiger partial charge in [0, 0.05) is 6.07 Å². The maximum absolute atomic E-state index is 5.93. The molecule has 5 heteroatoms. The third kappa shape index (κ3) is 4.10. The van der Waals surface area contributed by atoms with Gasteiger partial charge in [-0.15, -0.1) is 0 Å². The SMILES string of the molecule is CCOc1cc(Cl)nc(COc2cc(C)cc(C)c2)n1. The van der Waals surface area contributed by atoms with Crippen LogP contribution in [0.4, 0.5) is 0 Å². The molecule has 0 saturated heterocycles. The van der Waals surface area contributed by atoms with Gasteiger partial charge in [-0.1, -0.05) is 17.7 Å². The summed E-state index contributed by atoms with van der Waals surface area (Å²) in [6.45, 7) is 6.74. The van der Waals surface area contributed by atoms with Crippen molar-refractivity contribution in [3.8, 4) is 11.6 Å². The van der Waals surface area contributed by atoms with Crippen molar-refractivity contribution in [3.63, 3.8) is 0 Å². The molecule has 1 aromatic carbocycles. The highest BCUT2D eigenvalue weighted by Gasteiger charge is 2.05. The van der Waals surface area contributed by atoms with Crippen LogP contribution in [0.15, 0.2) is 24.3 Å². The number of aromatic nitrogens is 2. The minimum absolute atomic E-state index is 0.253. The molecule has 2 rings (SSSR count). The van der Waals surface area contributed by atoms with Gasteiger partial charge in [-0.05, 0) is 44.0 Å². The zero-order valence-electron chi connectivity index (χ0n) is 11.8. The van der Waals surface area contributed by atoms with Crippen LogP contribution >= 0.6 is 11.6 Å². The second-order valence-electron chi connectivity index (χ2n) is 4.49. The van der Waals surface area contributed by atoms with Crippen molar-refractivity contribution in [2.75, 3.05) is 6.61 Å². The first-order chi connectivity index (χ1) is 9.56. The summed E-state index contributed by atoms with van der Waals surface area (Å²) in [5, 5.41) is 0.350. The number of benzene rings is 1. The molecule has 0 radical (unpaired) electrons. The molecule has 1 aromatic heterocycles. The number of nitrogens with zero attached hydrogens (tertiary/aromatic N) is 2. The van der Waals surface area contributed by atoms with Crippen molar-refractivity contribution in [2.24, 2.45) is 0 Å². The number of ether oxygens (including phenoxy) is 2. The first-order valence-corrected chi connectivity index (χ1v) is 6.82. The van der Waals surface area contributed by atoms with Gasteiger partial charge in [0.1, 0.15) is 17.5 Å². The van der Waals surface area contributed by atoms with Crippen LogP contribution in [0.3, 0.4) is 0 Å². The fourth-order valence-corrected chi connectivity index (χ4v) is 2.08. The number of rotatable bonds is 5. The minimum atomic E-state index is 0.253. The van der Waals surface area contributed by atoms with E-state index in [4.69, 9.17) is 21.1 Å². The van der Waals surface area contributed by atoms with Crippen LogP contribution in [0.1, 0.15) is 23.9 Å². The van der Waals surface area contributed by atoms with Crippen molar-refractivity contribution in [1.82, 2.24) is 9.97 Å². The van der Waals surface area contributed by atoms with Gasteiger partial charge in [-0.25, -0.2) is 4.98 Å². The molecule has 106 valence electrons. The van der Waals surface area contributed by atoms with Gasteiger partial charge >= 0.3 is 0 Å². The zero-order valence-corrected chi connectivity index (χ0v) is 12.6. The first-order valence-electron chi connectivity index (χ1n) is 6.44. The lowest BCUT2D eigenvalue weighted by atomic mass is 10.1. The third-order valence-corrected chi connectivity index (χ3v) is 2.77. The minimum Gasteiger partial charge on any atom is -0.486 e. The van der Waals surface area contributed by atoms with Gasteiger partial charge in [-0.2, -0.15) is 4.98 Å². The van der Waals surface area contributed by atoms with E-state index in [9.17, 15) is 0 Å². The predicted octanol–water partition coefficient (Wildman–Crippen LogP) is 3.72. The molecule has 20 heavy (non-hydrogen) atoms. The van der Waals surface area contributed by atoms with Crippen LogP contribution in [0.25, 0.3) is 0 Å². The molecule has 0 unspecified atom stereocenters. The summed E-state index contributed by atoms with van der Waals surface area (Å²) in [4.78, 5) is 8.37. The van der Waals surface area contributed by atoms with Crippen molar-refractivity contribution >= 4 is 11.6 Å². The molecule has 0 saturated carbocycles. The maximum atomic E-state index is 5.93. The van der Waals surface area contributed by atoms with E-state index < -0.39 is 0 Å². The summed E-state index contributed by atoms with van der Waals surface area (Å²) in [5.41, 5.74) is 2.31. The molecular weight excluding hydrogens is 276 g/mol. The Morgan fingerprint density at radius 2 is 1.70 bits per heavy atom. The van der Waals surface area contributed by atoms with Crippen LogP contribution < -0.4 is 9.47 Å². The van der Waals surface area contributed by atoms with Gasteiger partial charge in [0.2, 0.25) is 5.88 Å². The number of aryl methyl sites for hydroxylation is 2. The number of halogens is 1. The molecule has 2 aromatic rings. The fraction of sp³-hybridized carbons (Fsp3) is 0.333. The Hall–Kier alpha value is -1.81. The Morgan fingerprint density at radius 3 is 2.35 bits per heavy atom. The molecular formula is C15H17ClN2O2. The lowest BCUT2D eigenvalue weighted by molar-refractivity contribution is 0.286. The van der Waals surface area contributed by atoms with E-state index in [0.717, 1.165) is 16.9 Å². The molecule has 0 aliphatic heterocycles. The van der Waals surface area contributed by atoms with Gasteiger partial charge in [0.25, 0.3) is 0 Å². The summed E-state index contributed by atoms with van der Waals surface area (Å²) in [6, 6.07) is 7.63. The third-order valence-electron chi connectivity index (χ3n) is 2.57. The van der Waals surface area contributed by atoms with Gasteiger partial charge in [0.05, 0.1) is 6.61 Å². The summed E-state index contributed by atoms with van der Waals surface area (Å²) >= 11 is 5.93. The van der Waals surface area contributed by atoms with Gasteiger partial charge in [-0.3, -0.25) is 0 Å². The highest BCUT2D eigenvalue weighted by atomic mass is 35.5. The van der Waals surface area contributed by atoms with Crippen molar-refractivity contribution in [1.29, 1.82) is 0 Å². The highest BCUT2D eigenvalue weighted by molar-refractivity contribution is 6.29. The summed E-state index contributed by atoms with van der Waals surface area (Å²) in [6.07, 6.45) is 0. The lowest BCUT2D eigenvalue weighted by Crippen LogP contribution is -2.04. The van der Waals surface area contributed by atoms with E-state index >= 15 is 0 Å². The summed E-state index contributed by atoms with van der Waals surface area (Å²) in [5.74, 6) is 1.76. The molecule has 0 amide bonds. The standard InChI is InChI=1S/C15H17ClN2O2/c1-4-19-15-8-13(16)17-14(18-15)9-20-12-6-10(2)5-11(3)7-12/h5-8H,4,9H2,1-3H3. The molecule has 0 spiro atoms. The summed E-state index contributed by atoms with van der Waals surface area (Å²) in [7, 11) is 0. The second-order valence-corrected chi connectivity index (χ2v) is 4.88. The Balaban J connectivity index is 2.10. The van der Waals surface area contributed by atoms with Crippen molar-refractivity contribution < 1.29 is 9.47 Å². The van der Waals surface area contributed by atoms with Crippen LogP contribution in [-0.4, -0.2) is 16.6 Å². The smallest absolute Gasteiger partial charge is 0.218 e. The highest BCUT2D eigenvalue weighted by Crippen LogP contribution is 2.18. The Kier molecular flexibility index (Phi) is 4.79. The van der Waals surface area contributed by atoms with E-state index in [1.54, 1.807) is 6.07 Å². The predicted molar refractivity (Wildman–Crippen MR) is 78.5 cm³/mol. The Labute approximate surface area is 123 Å². The number of hydrogen-bond donors (Lipinski definition) is 0. The van der Waals surface area contributed by atoms with E-state index in [2.05, 4.69) is 16.0 Å². The average molecular weight is 293 g/mol. The van der Waals surface area contributed by atoms with Gasteiger partial charge < -0.3 is 9.47 Å². The Morgan fingerprint density at radius 1 is 1.00 bits per heavy atom. The van der Waals surface area contributed by atoms with Crippen LogP contribution in [-0.2, 0) is 6.61 Å². The second kappa shape index (κ2) is 6.57. The quantitative estimate of drug-likeness (QED) is 0.788. The normalized spacial score (nSPS) is 10.4. The summed E-state index contributed by atoms with van der Waals surface area (Å²) < 4.78 is 11.0. The molecule has 0 aliphatic carbocycles. The van der Waals surface area contributed by atoms with E-state index in [-0.39, 0.29) is 6.61 Å². The number of hydrogen-bond acceptors (Lipinski definition) is 4. The zero-order chi connectivity index (χ0) is 14.5. The van der Waals surface area contributed by atoms with Crippen LogP contribution in [0, 0.1) is 13.8 Å². The molecule has 0 fully saturated rings. The van der Waals surface area contributed by atoms with E-state index in [1.165, 1.54) is 0 Å². The molecule has 0 aliphatic rings. The first kappa shape index (κ1) is 14.6. The monoisotopic (exact) mass is 292 g/mol. The van der Waals surface area contributed by atoms with Crippen molar-refractivity contribution in [3.05, 3.63) is 46.4 Å². The van der Waals surface area contributed by atoms with Gasteiger partial charge in [0.15, 0.2) is 5.82 Å². The molecule has 0 N–H and O–H groups in total. The lowest BCUT2D eigenvalue weighted by Gasteiger charge is -2.09. The Bertz CT molecular complexity index is 582. The molecule has 0 bridgehead atoms. The van der Waals surface area contributed by atoms with Crippen LogP contribution in [0.5, 0.6) is 11.6 Å². The molecule has 1 heterocycles. The van der Waals surface area contributed by atoms with Crippen LogP contribution in [0.2, 0.25) is 5.15 Å². The maximum Gasteiger partial charge on any atom is 0.218 e. The van der Waals surface area contributed by atoms with E-state index in [0.29, 0.717) is 23.5 Å². The average Bonchev–Trinajstić information content (AvgIpc) is 2.35. The topological polar surface area (TPSA) is 44.2 Å². The molecule has 4 nitrogen and oxygen atoms in total. The largest absolute Gasteiger partial charge is 0.486 e. The van der Waals surface area contributed by atoms with Crippen molar-refractivity contribution in [2.45, 2.75) is 27.4 Å². The fourth-order valence-electron chi connectivity index (χ4n) is 1.89. The van der Waals surface area contributed by atoms with E-state index in [1.807, 2.05) is 32.9 Å².